The van der Waals surface area contributed by atoms with Gasteiger partial charge in [0.15, 0.2) is 15.7 Å². The number of rotatable bonds is 6. The van der Waals surface area contributed by atoms with Crippen molar-refractivity contribution in [3.8, 4) is 11.5 Å². The topological polar surface area (TPSA) is 94.1 Å². The Morgan fingerprint density at radius 1 is 0.943 bits per heavy atom. The third kappa shape index (κ3) is 4.31. The van der Waals surface area contributed by atoms with Crippen molar-refractivity contribution in [1.82, 2.24) is 15.2 Å². The number of oxazole rings is 1. The molecular formula is C26H18N4O3S2. The number of aryl methyl sites for hydroxylation is 1. The van der Waals surface area contributed by atoms with Gasteiger partial charge in [-0.05, 0) is 49.4 Å². The monoisotopic (exact) mass is 498 g/mol. The van der Waals surface area contributed by atoms with Crippen molar-refractivity contribution in [3.63, 3.8) is 0 Å². The summed E-state index contributed by atoms with van der Waals surface area (Å²) in [5, 5.41) is 13.0. The molecule has 0 aliphatic heterocycles. The zero-order valence-electron chi connectivity index (χ0n) is 18.5. The Bertz CT molecular complexity index is 1630. The van der Waals surface area contributed by atoms with Crippen LogP contribution in [0.2, 0.25) is 0 Å². The minimum absolute atomic E-state index is 0.294. The minimum atomic E-state index is -0.306. The number of para-hydroxylation sites is 3. The first kappa shape index (κ1) is 21.6. The predicted molar refractivity (Wildman–Crippen MR) is 138 cm³/mol. The molecule has 0 aliphatic rings. The molecule has 3 aromatic heterocycles. The Balaban J connectivity index is 1.24. The summed E-state index contributed by atoms with van der Waals surface area (Å²) in [6, 6.07) is 22.7. The van der Waals surface area contributed by atoms with E-state index in [1.165, 1.54) is 11.3 Å². The zero-order chi connectivity index (χ0) is 23.8. The van der Waals surface area contributed by atoms with E-state index in [-0.39, 0.29) is 5.91 Å². The van der Waals surface area contributed by atoms with Crippen LogP contribution in [0.4, 0.5) is 5.69 Å². The molecule has 3 heterocycles. The van der Waals surface area contributed by atoms with Gasteiger partial charge in [-0.1, -0.05) is 53.4 Å². The number of carbonyl (C=O) groups excluding carboxylic acids is 1. The maximum atomic E-state index is 13.2. The first-order chi connectivity index (χ1) is 17.1. The number of hydrogen-bond acceptors (Lipinski definition) is 8. The van der Waals surface area contributed by atoms with Crippen molar-refractivity contribution in [3.05, 3.63) is 89.1 Å². The first-order valence-electron chi connectivity index (χ1n) is 10.8. The fraction of sp³-hybridized carbons (Fsp3) is 0.0769. The summed E-state index contributed by atoms with van der Waals surface area (Å²) in [5.41, 5.74) is 4.52. The number of benzene rings is 3. The Morgan fingerprint density at radius 3 is 2.49 bits per heavy atom. The van der Waals surface area contributed by atoms with Crippen LogP contribution in [-0.4, -0.2) is 21.1 Å². The summed E-state index contributed by atoms with van der Waals surface area (Å²) < 4.78 is 12.7. The van der Waals surface area contributed by atoms with Crippen molar-refractivity contribution >= 4 is 56.8 Å². The van der Waals surface area contributed by atoms with Gasteiger partial charge in [-0.15, -0.1) is 10.2 Å². The number of amides is 1. The van der Waals surface area contributed by atoms with E-state index < -0.39 is 0 Å². The number of thioether (sulfide) groups is 1. The maximum absolute atomic E-state index is 13.2. The number of fused-ring (bicyclic) bond motifs is 2. The molecule has 0 saturated carbocycles. The standard InChI is InChI=1S/C26H18N4O3S2/c1-15-29-30-26(35-15)34-14-19-18-6-2-4-8-21(18)32-23(19)24(31)27-17-12-10-16(11-13-17)25-28-20-7-3-5-9-22(20)33-25/h2-13H,14H2,1H3,(H,27,31). The molecule has 0 spiro atoms. The number of furan rings is 1. The smallest absolute Gasteiger partial charge is 0.291 e. The lowest BCUT2D eigenvalue weighted by atomic mass is 10.1. The van der Waals surface area contributed by atoms with Gasteiger partial charge in [-0.25, -0.2) is 4.98 Å². The number of nitrogens with zero attached hydrogens (tertiary/aromatic N) is 3. The number of anilines is 1. The average Bonchev–Trinajstić information content (AvgIpc) is 3.59. The maximum Gasteiger partial charge on any atom is 0.291 e. The van der Waals surface area contributed by atoms with Crippen LogP contribution >= 0.6 is 23.1 Å². The molecule has 0 radical (unpaired) electrons. The van der Waals surface area contributed by atoms with Gasteiger partial charge in [0.25, 0.3) is 5.91 Å². The number of hydrogen-bond donors (Lipinski definition) is 1. The normalized spacial score (nSPS) is 11.3. The van der Waals surface area contributed by atoms with E-state index in [2.05, 4.69) is 20.5 Å². The van der Waals surface area contributed by atoms with Gasteiger partial charge in [0.05, 0.1) is 0 Å². The third-order valence-electron chi connectivity index (χ3n) is 5.44. The molecule has 172 valence electrons. The van der Waals surface area contributed by atoms with E-state index in [4.69, 9.17) is 8.83 Å². The van der Waals surface area contributed by atoms with Gasteiger partial charge >= 0.3 is 0 Å². The van der Waals surface area contributed by atoms with Crippen LogP contribution in [0.5, 0.6) is 0 Å². The second-order valence-corrected chi connectivity index (χ2v) is 10.2. The molecule has 1 N–H and O–H groups in total. The molecule has 0 bridgehead atoms. The lowest BCUT2D eigenvalue weighted by Crippen LogP contribution is -2.12. The van der Waals surface area contributed by atoms with Crippen LogP contribution in [0.15, 0.2) is 86.0 Å². The zero-order valence-corrected chi connectivity index (χ0v) is 20.2. The van der Waals surface area contributed by atoms with Crippen molar-refractivity contribution < 1.29 is 13.6 Å². The largest absolute Gasteiger partial charge is 0.451 e. The van der Waals surface area contributed by atoms with Gasteiger partial charge in [-0.3, -0.25) is 4.79 Å². The predicted octanol–water partition coefficient (Wildman–Crippen LogP) is 6.95. The van der Waals surface area contributed by atoms with Crippen LogP contribution in [0.1, 0.15) is 21.1 Å². The highest BCUT2D eigenvalue weighted by molar-refractivity contribution is 8.00. The molecule has 0 fully saturated rings. The molecule has 0 aliphatic carbocycles. The van der Waals surface area contributed by atoms with Gasteiger partial charge in [0.2, 0.25) is 5.89 Å². The highest BCUT2D eigenvalue weighted by Crippen LogP contribution is 2.33. The van der Waals surface area contributed by atoms with E-state index in [1.54, 1.807) is 11.8 Å². The number of carbonyl (C=O) groups is 1. The summed E-state index contributed by atoms with van der Waals surface area (Å²) >= 11 is 3.07. The van der Waals surface area contributed by atoms with Crippen LogP contribution in [0, 0.1) is 6.92 Å². The molecular weight excluding hydrogens is 480 g/mol. The Kier molecular flexibility index (Phi) is 5.55. The quantitative estimate of drug-likeness (QED) is 0.248. The van der Waals surface area contributed by atoms with E-state index in [9.17, 15) is 4.79 Å². The summed E-state index contributed by atoms with van der Waals surface area (Å²) in [6.45, 7) is 1.92. The Morgan fingerprint density at radius 2 is 1.71 bits per heavy atom. The van der Waals surface area contributed by atoms with Gasteiger partial charge < -0.3 is 14.2 Å². The Labute approximate surface area is 208 Å². The van der Waals surface area contributed by atoms with E-state index in [1.807, 2.05) is 79.7 Å². The Hall–Kier alpha value is -3.95. The third-order valence-corrected chi connectivity index (χ3v) is 7.43. The van der Waals surface area contributed by atoms with Crippen molar-refractivity contribution in [1.29, 1.82) is 0 Å². The molecule has 6 aromatic rings. The molecule has 35 heavy (non-hydrogen) atoms. The fourth-order valence-corrected chi connectivity index (χ4v) is 5.62. The molecule has 9 heteroatoms. The van der Waals surface area contributed by atoms with E-state index >= 15 is 0 Å². The molecule has 6 rings (SSSR count). The van der Waals surface area contributed by atoms with Crippen molar-refractivity contribution in [2.75, 3.05) is 5.32 Å². The number of aromatic nitrogens is 3. The van der Waals surface area contributed by atoms with Crippen LogP contribution in [0.25, 0.3) is 33.5 Å². The summed E-state index contributed by atoms with van der Waals surface area (Å²) in [5.74, 6) is 1.07. The van der Waals surface area contributed by atoms with Crippen molar-refractivity contribution in [2.45, 2.75) is 17.0 Å². The summed E-state index contributed by atoms with van der Waals surface area (Å²) in [7, 11) is 0. The van der Waals surface area contributed by atoms with Crippen LogP contribution in [0.3, 0.4) is 0 Å². The molecule has 0 unspecified atom stereocenters. The van der Waals surface area contributed by atoms with Gasteiger partial charge in [0, 0.05) is 28.0 Å². The molecule has 7 nitrogen and oxygen atoms in total. The molecule has 1 amide bonds. The second kappa shape index (κ2) is 9.01. The fourth-order valence-electron chi connectivity index (χ4n) is 3.78. The molecule has 3 aromatic carbocycles. The van der Waals surface area contributed by atoms with Gasteiger partial charge in [0.1, 0.15) is 16.1 Å². The van der Waals surface area contributed by atoms with E-state index in [0.29, 0.717) is 28.7 Å². The molecule has 0 atom stereocenters. The van der Waals surface area contributed by atoms with E-state index in [0.717, 1.165) is 37.0 Å². The second-order valence-electron chi connectivity index (χ2n) is 7.80. The lowest BCUT2D eigenvalue weighted by molar-refractivity contribution is 0.0998. The van der Waals surface area contributed by atoms with Crippen LogP contribution < -0.4 is 5.32 Å². The first-order valence-corrected chi connectivity index (χ1v) is 12.6. The summed E-state index contributed by atoms with van der Waals surface area (Å²) in [6.07, 6.45) is 0. The van der Waals surface area contributed by atoms with Crippen LogP contribution in [-0.2, 0) is 5.75 Å². The summed E-state index contributed by atoms with van der Waals surface area (Å²) in [4.78, 5) is 17.7. The van der Waals surface area contributed by atoms with Crippen molar-refractivity contribution in [2.24, 2.45) is 0 Å². The average molecular weight is 499 g/mol. The van der Waals surface area contributed by atoms with Gasteiger partial charge in [-0.2, -0.15) is 0 Å². The highest BCUT2D eigenvalue weighted by atomic mass is 32.2. The minimum Gasteiger partial charge on any atom is -0.451 e. The molecule has 0 saturated heterocycles. The SMILES string of the molecule is Cc1nnc(SCc2c(C(=O)Nc3ccc(-c4nc5ccccc5o4)cc3)oc3ccccc23)s1. The number of nitrogens with one attached hydrogen (secondary N) is 1. The highest BCUT2D eigenvalue weighted by Gasteiger charge is 2.21. The lowest BCUT2D eigenvalue weighted by Gasteiger charge is -2.06.